The number of thiophene rings is 1. The number of pyridine rings is 1. The minimum absolute atomic E-state index is 0.295. The molecule has 0 atom stereocenters. The molecule has 0 bridgehead atoms. The third-order valence-corrected chi connectivity index (χ3v) is 3.73. The third kappa shape index (κ3) is 1.40. The molecule has 1 aromatic carbocycles. The highest BCUT2D eigenvalue weighted by atomic mass is 32.1. The normalized spacial score (nSPS) is 11.1. The minimum Gasteiger partial charge on any atom is -0.653 e. The summed E-state index contributed by atoms with van der Waals surface area (Å²) in [5.41, 5.74) is 0.861. The summed E-state index contributed by atoms with van der Waals surface area (Å²) in [7, 11) is 0. The zero-order valence-electron chi connectivity index (χ0n) is 8.11. The Morgan fingerprint density at radius 3 is 3.00 bits per heavy atom. The van der Waals surface area contributed by atoms with Gasteiger partial charge in [0.1, 0.15) is 5.82 Å². The Kier molecular flexibility index (Phi) is 2.32. The molecule has 0 saturated heterocycles. The molecule has 0 N–H and O–H groups in total. The van der Waals surface area contributed by atoms with Crippen LogP contribution in [0.15, 0.2) is 30.5 Å². The standard InChI is InChI=1S/C11H6FNOS.Al/c12-6-4-7(14)10-9(5-6)15-8-2-1-3-13-11(8)10;/h1-5,14H;/q;+1/p-1. The lowest BCUT2D eigenvalue weighted by Crippen LogP contribution is -1.87. The summed E-state index contributed by atoms with van der Waals surface area (Å²) in [6.45, 7) is 0. The number of halogens is 1. The van der Waals surface area contributed by atoms with E-state index in [4.69, 9.17) is 3.79 Å². The average molecular weight is 245 g/mol. The molecule has 3 rings (SSSR count). The van der Waals surface area contributed by atoms with E-state index in [1.54, 1.807) is 6.20 Å². The SMILES string of the molecule is Fc1cc([O][Al])c2c(c1)sc1cccnc12. The van der Waals surface area contributed by atoms with Crippen molar-refractivity contribution in [2.24, 2.45) is 0 Å². The summed E-state index contributed by atoms with van der Waals surface area (Å²) in [4.78, 5) is 4.31. The molecule has 0 fully saturated rings. The second-order valence-electron chi connectivity index (χ2n) is 3.35. The van der Waals surface area contributed by atoms with Gasteiger partial charge in [0.05, 0.1) is 21.4 Å². The maximum atomic E-state index is 13.3. The van der Waals surface area contributed by atoms with Gasteiger partial charge in [0.15, 0.2) is 0 Å². The fourth-order valence-electron chi connectivity index (χ4n) is 1.74. The fourth-order valence-corrected chi connectivity index (χ4v) is 3.04. The Hall–Kier alpha value is -1.15. The quantitative estimate of drug-likeness (QED) is 0.615. The first-order chi connectivity index (χ1) is 7.79. The Morgan fingerprint density at radius 1 is 1.31 bits per heavy atom. The van der Waals surface area contributed by atoms with Gasteiger partial charge >= 0.3 is 16.6 Å². The summed E-state index contributed by atoms with van der Waals surface area (Å²) >= 11 is 3.66. The van der Waals surface area contributed by atoms with Gasteiger partial charge in [-0.25, -0.2) is 4.39 Å². The highest BCUT2D eigenvalue weighted by Crippen LogP contribution is 2.38. The lowest BCUT2D eigenvalue weighted by Gasteiger charge is -2.04. The van der Waals surface area contributed by atoms with E-state index in [1.807, 2.05) is 12.1 Å². The van der Waals surface area contributed by atoms with Crippen LogP contribution in [0.25, 0.3) is 20.3 Å². The Bertz CT molecular complexity index is 682. The topological polar surface area (TPSA) is 22.1 Å². The van der Waals surface area contributed by atoms with Gasteiger partial charge in [0.25, 0.3) is 0 Å². The van der Waals surface area contributed by atoms with Crippen LogP contribution in [0.5, 0.6) is 5.75 Å². The molecule has 0 unspecified atom stereocenters. The van der Waals surface area contributed by atoms with Crippen LogP contribution in [0.2, 0.25) is 0 Å². The molecule has 0 saturated carbocycles. The van der Waals surface area contributed by atoms with Gasteiger partial charge in [-0.2, -0.15) is 0 Å². The van der Waals surface area contributed by atoms with Crippen molar-refractivity contribution < 1.29 is 8.18 Å². The van der Waals surface area contributed by atoms with Gasteiger partial charge in [-0.15, -0.1) is 11.3 Å². The molecule has 0 aliphatic heterocycles. The zero-order valence-corrected chi connectivity index (χ0v) is 10.1. The van der Waals surface area contributed by atoms with Crippen molar-refractivity contribution in [3.63, 3.8) is 0 Å². The molecule has 0 aliphatic rings. The maximum Gasteiger partial charge on any atom is 0.482 e. The summed E-state index contributed by atoms with van der Waals surface area (Å²) in [5.74, 6) is 0.210. The van der Waals surface area contributed by atoms with Gasteiger partial charge < -0.3 is 3.79 Å². The van der Waals surface area contributed by atoms with Gasteiger partial charge in [-0.3, -0.25) is 4.98 Å². The van der Waals surface area contributed by atoms with Gasteiger partial charge in [0, 0.05) is 17.0 Å². The Labute approximate surface area is 103 Å². The number of aromatic nitrogens is 1. The molecule has 2 aromatic heterocycles. The first-order valence-corrected chi connectivity index (χ1v) is 5.92. The lowest BCUT2D eigenvalue weighted by molar-refractivity contribution is 0.593. The number of benzene rings is 1. The fraction of sp³-hybridized carbons (Fsp3) is 0. The van der Waals surface area contributed by atoms with E-state index in [-0.39, 0.29) is 5.82 Å². The van der Waals surface area contributed by atoms with Crippen molar-refractivity contribution in [1.29, 1.82) is 0 Å². The second kappa shape index (κ2) is 3.70. The number of fused-ring (bicyclic) bond motifs is 3. The average Bonchev–Trinajstić information content (AvgIpc) is 2.65. The molecule has 2 nitrogen and oxygen atoms in total. The summed E-state index contributed by atoms with van der Waals surface area (Å²) in [6.07, 6.45) is 1.73. The van der Waals surface area contributed by atoms with Crippen molar-refractivity contribution in [3.8, 4) is 5.75 Å². The summed E-state index contributed by atoms with van der Waals surface area (Å²) in [6, 6.07) is 6.72. The van der Waals surface area contributed by atoms with E-state index in [0.29, 0.717) is 5.75 Å². The van der Waals surface area contributed by atoms with Crippen molar-refractivity contribution in [2.75, 3.05) is 0 Å². The van der Waals surface area contributed by atoms with E-state index >= 15 is 0 Å². The van der Waals surface area contributed by atoms with Crippen LogP contribution < -0.4 is 3.79 Å². The number of hydrogen-bond acceptors (Lipinski definition) is 3. The van der Waals surface area contributed by atoms with Crippen molar-refractivity contribution in [2.45, 2.75) is 0 Å². The maximum absolute atomic E-state index is 13.3. The van der Waals surface area contributed by atoms with E-state index in [2.05, 4.69) is 21.6 Å². The van der Waals surface area contributed by atoms with E-state index < -0.39 is 0 Å². The van der Waals surface area contributed by atoms with Crippen molar-refractivity contribution >= 4 is 48.3 Å². The van der Waals surface area contributed by atoms with Crippen LogP contribution in [0, 0.1) is 5.82 Å². The molecule has 2 heterocycles. The first-order valence-electron chi connectivity index (χ1n) is 4.63. The van der Waals surface area contributed by atoms with Gasteiger partial charge in [-0.05, 0) is 18.2 Å². The molecule has 3 aromatic rings. The molecule has 76 valence electrons. The number of rotatable bonds is 1. The zero-order chi connectivity index (χ0) is 11.1. The smallest absolute Gasteiger partial charge is 0.482 e. The largest absolute Gasteiger partial charge is 0.653 e. The minimum atomic E-state index is -0.295. The van der Waals surface area contributed by atoms with E-state index in [1.165, 1.54) is 23.5 Å². The number of nitrogens with zero attached hydrogens (tertiary/aromatic N) is 1. The molecule has 5 heteroatoms. The molecular formula is C11H5AlFNOS. The van der Waals surface area contributed by atoms with Gasteiger partial charge in [-0.1, -0.05) is 0 Å². The van der Waals surface area contributed by atoms with Gasteiger partial charge in [0.2, 0.25) is 0 Å². The number of hydrogen-bond donors (Lipinski definition) is 0. The van der Waals surface area contributed by atoms with Crippen LogP contribution in [0.3, 0.4) is 0 Å². The molecule has 0 spiro atoms. The predicted octanol–water partition coefficient (Wildman–Crippen LogP) is 3.05. The first kappa shape index (κ1) is 10.0. The lowest BCUT2D eigenvalue weighted by atomic mass is 10.2. The predicted molar refractivity (Wildman–Crippen MR) is 63.5 cm³/mol. The van der Waals surface area contributed by atoms with Crippen LogP contribution in [-0.4, -0.2) is 21.6 Å². The highest BCUT2D eigenvalue weighted by molar-refractivity contribution is 7.25. The van der Waals surface area contributed by atoms with Crippen LogP contribution in [0.1, 0.15) is 0 Å². The van der Waals surface area contributed by atoms with Crippen LogP contribution >= 0.6 is 11.3 Å². The molecular weight excluding hydrogens is 240 g/mol. The van der Waals surface area contributed by atoms with E-state index in [9.17, 15) is 4.39 Å². The second-order valence-corrected chi connectivity index (χ2v) is 4.67. The summed E-state index contributed by atoms with van der Waals surface area (Å²) < 4.78 is 20.3. The molecule has 16 heavy (non-hydrogen) atoms. The molecule has 0 aliphatic carbocycles. The Morgan fingerprint density at radius 2 is 2.19 bits per heavy atom. The van der Waals surface area contributed by atoms with Crippen LogP contribution in [0.4, 0.5) is 4.39 Å². The summed E-state index contributed by atoms with van der Waals surface area (Å²) in [5, 5.41) is 0.872. The monoisotopic (exact) mass is 245 g/mol. The van der Waals surface area contributed by atoms with Crippen LogP contribution in [-0.2, 0) is 0 Å². The Balaban J connectivity index is 2.55. The third-order valence-electron chi connectivity index (χ3n) is 2.39. The highest BCUT2D eigenvalue weighted by Gasteiger charge is 2.11. The molecule has 0 amide bonds. The molecule has 2 radical (unpaired) electrons. The van der Waals surface area contributed by atoms with Crippen molar-refractivity contribution in [3.05, 3.63) is 36.3 Å². The van der Waals surface area contributed by atoms with E-state index in [0.717, 1.165) is 20.3 Å². The van der Waals surface area contributed by atoms with Crippen molar-refractivity contribution in [1.82, 2.24) is 4.98 Å².